The van der Waals surface area contributed by atoms with Crippen LogP contribution in [-0.4, -0.2) is 6.61 Å². The lowest BCUT2D eigenvalue weighted by Crippen LogP contribution is -1.87. The molecular formula is C8H7IO. The van der Waals surface area contributed by atoms with Gasteiger partial charge in [0.05, 0.1) is 10.2 Å². The van der Waals surface area contributed by atoms with Gasteiger partial charge in [-0.2, -0.15) is 0 Å². The normalized spacial score (nSPS) is 14.5. The highest BCUT2D eigenvalue weighted by molar-refractivity contribution is 14.1. The van der Waals surface area contributed by atoms with Crippen molar-refractivity contribution in [3.63, 3.8) is 0 Å². The molecule has 0 unspecified atom stereocenters. The molecule has 2 rings (SSSR count). The molecule has 0 N–H and O–H groups in total. The number of rotatable bonds is 0. The molecule has 1 aromatic rings. The Bertz CT molecular complexity index is 257. The van der Waals surface area contributed by atoms with Crippen molar-refractivity contribution in [2.75, 3.05) is 6.61 Å². The Morgan fingerprint density at radius 2 is 2.30 bits per heavy atom. The lowest BCUT2D eigenvalue weighted by atomic mass is 10.2. The van der Waals surface area contributed by atoms with Crippen LogP contribution in [-0.2, 0) is 6.42 Å². The molecule has 0 spiro atoms. The molecule has 0 atom stereocenters. The van der Waals surface area contributed by atoms with Crippen LogP contribution < -0.4 is 4.74 Å². The first kappa shape index (κ1) is 6.46. The van der Waals surface area contributed by atoms with E-state index in [0.717, 1.165) is 18.8 Å². The third-order valence-corrected chi connectivity index (χ3v) is 2.52. The first-order chi connectivity index (χ1) is 4.88. The third-order valence-electron chi connectivity index (χ3n) is 1.67. The molecule has 1 heterocycles. The van der Waals surface area contributed by atoms with Gasteiger partial charge in [0.2, 0.25) is 0 Å². The van der Waals surface area contributed by atoms with Gasteiger partial charge in [-0.05, 0) is 34.2 Å². The largest absolute Gasteiger partial charge is 0.492 e. The molecule has 1 nitrogen and oxygen atoms in total. The van der Waals surface area contributed by atoms with Crippen LogP contribution in [0.5, 0.6) is 5.75 Å². The fraction of sp³-hybridized carbons (Fsp3) is 0.250. The molecule has 0 radical (unpaired) electrons. The first-order valence-corrected chi connectivity index (χ1v) is 4.36. The van der Waals surface area contributed by atoms with E-state index >= 15 is 0 Å². The van der Waals surface area contributed by atoms with Crippen LogP contribution in [0.15, 0.2) is 18.2 Å². The highest BCUT2D eigenvalue weighted by Crippen LogP contribution is 2.29. The minimum atomic E-state index is 0.856. The Labute approximate surface area is 73.5 Å². The van der Waals surface area contributed by atoms with Gasteiger partial charge in [-0.15, -0.1) is 0 Å². The lowest BCUT2D eigenvalue weighted by molar-refractivity contribution is 0.354. The monoisotopic (exact) mass is 246 g/mol. The molecule has 0 aromatic heterocycles. The molecule has 1 aromatic carbocycles. The van der Waals surface area contributed by atoms with Crippen LogP contribution in [0.2, 0.25) is 0 Å². The highest BCUT2D eigenvalue weighted by atomic mass is 127. The van der Waals surface area contributed by atoms with Crippen LogP contribution >= 0.6 is 22.6 Å². The summed E-state index contributed by atoms with van der Waals surface area (Å²) in [6.07, 6.45) is 1.08. The number of fused-ring (bicyclic) bond motifs is 1. The Morgan fingerprint density at radius 3 is 3.10 bits per heavy atom. The zero-order valence-electron chi connectivity index (χ0n) is 5.43. The highest BCUT2D eigenvalue weighted by Gasteiger charge is 2.13. The predicted octanol–water partition coefficient (Wildman–Crippen LogP) is 2.23. The molecule has 1 aliphatic heterocycles. The van der Waals surface area contributed by atoms with E-state index in [4.69, 9.17) is 4.74 Å². The van der Waals surface area contributed by atoms with Gasteiger partial charge < -0.3 is 4.74 Å². The molecular weight excluding hydrogens is 239 g/mol. The van der Waals surface area contributed by atoms with E-state index in [0.29, 0.717) is 0 Å². The van der Waals surface area contributed by atoms with Crippen molar-refractivity contribution in [2.45, 2.75) is 6.42 Å². The van der Waals surface area contributed by atoms with E-state index in [1.807, 2.05) is 0 Å². The molecule has 0 bridgehead atoms. The second-order valence-electron chi connectivity index (χ2n) is 2.33. The van der Waals surface area contributed by atoms with Crippen LogP contribution in [0.1, 0.15) is 5.56 Å². The summed E-state index contributed by atoms with van der Waals surface area (Å²) in [5.74, 6) is 1.10. The standard InChI is InChI=1S/C8H7IO/c9-7-3-1-2-6-4-5-10-8(6)7/h1-3H,4-5H2. The van der Waals surface area contributed by atoms with Gasteiger partial charge in [-0.1, -0.05) is 12.1 Å². The molecule has 0 saturated heterocycles. The molecule has 0 saturated carbocycles. The second-order valence-corrected chi connectivity index (χ2v) is 3.49. The van der Waals surface area contributed by atoms with Crippen molar-refractivity contribution in [1.82, 2.24) is 0 Å². The third kappa shape index (κ3) is 0.905. The Hall–Kier alpha value is -0.250. The molecule has 52 valence electrons. The van der Waals surface area contributed by atoms with Crippen LogP contribution in [0.25, 0.3) is 0 Å². The second kappa shape index (κ2) is 2.42. The fourth-order valence-corrected chi connectivity index (χ4v) is 1.88. The Balaban J connectivity index is 2.59. The van der Waals surface area contributed by atoms with E-state index in [2.05, 4.69) is 40.8 Å². The van der Waals surface area contributed by atoms with Crippen molar-refractivity contribution >= 4 is 22.6 Å². The molecule has 0 amide bonds. The maximum atomic E-state index is 5.42. The molecule has 1 aliphatic rings. The minimum absolute atomic E-state index is 0.856. The Kier molecular flexibility index (Phi) is 1.56. The van der Waals surface area contributed by atoms with Crippen LogP contribution in [0.3, 0.4) is 0 Å². The van der Waals surface area contributed by atoms with Crippen molar-refractivity contribution in [3.8, 4) is 5.75 Å². The van der Waals surface area contributed by atoms with Crippen molar-refractivity contribution in [2.24, 2.45) is 0 Å². The number of halogens is 1. The average molecular weight is 246 g/mol. The topological polar surface area (TPSA) is 9.23 Å². The van der Waals surface area contributed by atoms with Crippen molar-refractivity contribution in [3.05, 3.63) is 27.3 Å². The number of para-hydroxylation sites is 1. The summed E-state index contributed by atoms with van der Waals surface area (Å²) < 4.78 is 6.65. The summed E-state index contributed by atoms with van der Waals surface area (Å²) in [6, 6.07) is 6.28. The summed E-state index contributed by atoms with van der Waals surface area (Å²) in [7, 11) is 0. The zero-order chi connectivity index (χ0) is 6.97. The summed E-state index contributed by atoms with van der Waals surface area (Å²) in [6.45, 7) is 0.856. The summed E-state index contributed by atoms with van der Waals surface area (Å²) in [5, 5.41) is 0. The fourth-order valence-electron chi connectivity index (χ4n) is 1.18. The van der Waals surface area contributed by atoms with Crippen LogP contribution in [0, 0.1) is 3.57 Å². The Morgan fingerprint density at radius 1 is 1.40 bits per heavy atom. The summed E-state index contributed by atoms with van der Waals surface area (Å²) >= 11 is 2.30. The number of ether oxygens (including phenoxy) is 1. The van der Waals surface area contributed by atoms with Gasteiger partial charge in [0.15, 0.2) is 0 Å². The summed E-state index contributed by atoms with van der Waals surface area (Å²) in [4.78, 5) is 0. The van der Waals surface area contributed by atoms with Gasteiger partial charge in [0.25, 0.3) is 0 Å². The molecule has 0 aliphatic carbocycles. The smallest absolute Gasteiger partial charge is 0.135 e. The minimum Gasteiger partial charge on any atom is -0.492 e. The molecule has 0 fully saturated rings. The number of benzene rings is 1. The molecule has 2 heteroatoms. The zero-order valence-corrected chi connectivity index (χ0v) is 7.59. The molecule has 10 heavy (non-hydrogen) atoms. The van der Waals surface area contributed by atoms with Gasteiger partial charge in [0, 0.05) is 6.42 Å². The SMILES string of the molecule is Ic1cccc2c1OCC2. The van der Waals surface area contributed by atoms with Crippen LogP contribution in [0.4, 0.5) is 0 Å². The van der Waals surface area contributed by atoms with Gasteiger partial charge in [0.1, 0.15) is 5.75 Å². The summed E-state index contributed by atoms with van der Waals surface area (Å²) in [5.41, 5.74) is 1.35. The predicted molar refractivity (Wildman–Crippen MR) is 48.4 cm³/mol. The van der Waals surface area contributed by atoms with E-state index < -0.39 is 0 Å². The van der Waals surface area contributed by atoms with Gasteiger partial charge in [-0.3, -0.25) is 0 Å². The maximum absolute atomic E-state index is 5.42. The van der Waals surface area contributed by atoms with E-state index in [1.165, 1.54) is 9.13 Å². The average Bonchev–Trinajstić information content (AvgIpc) is 2.36. The van der Waals surface area contributed by atoms with E-state index in [-0.39, 0.29) is 0 Å². The first-order valence-electron chi connectivity index (χ1n) is 3.28. The number of hydrogen-bond donors (Lipinski definition) is 0. The van der Waals surface area contributed by atoms with E-state index in [9.17, 15) is 0 Å². The quantitative estimate of drug-likeness (QED) is 0.638. The van der Waals surface area contributed by atoms with Crippen molar-refractivity contribution < 1.29 is 4.74 Å². The van der Waals surface area contributed by atoms with E-state index in [1.54, 1.807) is 0 Å². The van der Waals surface area contributed by atoms with Crippen molar-refractivity contribution in [1.29, 1.82) is 0 Å². The van der Waals surface area contributed by atoms with Gasteiger partial charge in [-0.25, -0.2) is 0 Å². The lowest BCUT2D eigenvalue weighted by Gasteiger charge is -1.99. The van der Waals surface area contributed by atoms with Gasteiger partial charge >= 0.3 is 0 Å². The number of hydrogen-bond acceptors (Lipinski definition) is 1. The maximum Gasteiger partial charge on any atom is 0.135 e.